The number of amides is 3. The standard InChI is InChI=1S/C27H32N4O4/c1-28-27(34)25(17-6-3-2-4-7-17)30-26(33)23-12-11-22(35-23)18-9-10-21-19(14-18)15-20(29-21)16-31-13-5-8-24(31)32/h9-12,14,17,25H,2-8,13,15-16H2,1H3,(H,28,34)(H,30,33)/t25-/m0/s1. The van der Waals surface area contributed by atoms with E-state index in [4.69, 9.17) is 9.41 Å². The second kappa shape index (κ2) is 10.1. The molecule has 8 nitrogen and oxygen atoms in total. The molecule has 3 aliphatic rings. The Morgan fingerprint density at radius 3 is 2.71 bits per heavy atom. The minimum atomic E-state index is -0.556. The molecule has 3 amide bonds. The van der Waals surface area contributed by atoms with Gasteiger partial charge in [-0.15, -0.1) is 0 Å². The molecule has 1 aromatic carbocycles. The fraction of sp³-hybridized carbons (Fsp3) is 0.481. The first-order valence-electron chi connectivity index (χ1n) is 12.6. The van der Waals surface area contributed by atoms with Crippen LogP contribution in [-0.2, 0) is 16.0 Å². The summed E-state index contributed by atoms with van der Waals surface area (Å²) in [4.78, 5) is 44.0. The fourth-order valence-corrected chi connectivity index (χ4v) is 5.45. The Morgan fingerprint density at radius 2 is 1.97 bits per heavy atom. The van der Waals surface area contributed by atoms with Crippen molar-refractivity contribution in [2.24, 2.45) is 10.9 Å². The molecule has 1 atom stereocenters. The average Bonchev–Trinajstić information content (AvgIpc) is 3.62. The summed E-state index contributed by atoms with van der Waals surface area (Å²) in [5.74, 6) is 0.585. The lowest BCUT2D eigenvalue weighted by molar-refractivity contribution is -0.127. The lowest BCUT2D eigenvalue weighted by Gasteiger charge is -2.29. The molecule has 1 saturated heterocycles. The third kappa shape index (κ3) is 5.01. The Bertz CT molecular complexity index is 1160. The SMILES string of the molecule is CNC(=O)[C@@H](NC(=O)c1ccc(-c2ccc3c(c2)CC(CN2CCCC2=O)=N3)o1)C1CCCCC1. The van der Waals surface area contributed by atoms with Gasteiger partial charge in [-0.25, -0.2) is 0 Å². The molecule has 0 bridgehead atoms. The van der Waals surface area contributed by atoms with Gasteiger partial charge in [-0.05, 0) is 61.1 Å². The molecule has 0 spiro atoms. The number of likely N-dealkylation sites (tertiary alicyclic amines) is 1. The molecule has 35 heavy (non-hydrogen) atoms. The number of nitrogens with one attached hydrogen (secondary N) is 2. The highest BCUT2D eigenvalue weighted by Crippen LogP contribution is 2.33. The first kappa shape index (κ1) is 23.3. The second-order valence-electron chi connectivity index (χ2n) is 9.74. The maximum absolute atomic E-state index is 12.9. The number of benzene rings is 1. The minimum Gasteiger partial charge on any atom is -0.451 e. The molecule has 8 heteroatoms. The number of furan rings is 1. The first-order chi connectivity index (χ1) is 17.0. The molecule has 184 valence electrons. The van der Waals surface area contributed by atoms with Crippen molar-refractivity contribution in [3.05, 3.63) is 41.7 Å². The van der Waals surface area contributed by atoms with Gasteiger partial charge < -0.3 is 20.0 Å². The van der Waals surface area contributed by atoms with E-state index in [2.05, 4.69) is 10.6 Å². The van der Waals surface area contributed by atoms with Gasteiger partial charge in [0.25, 0.3) is 5.91 Å². The van der Waals surface area contributed by atoms with Crippen molar-refractivity contribution in [2.45, 2.75) is 57.4 Å². The average molecular weight is 477 g/mol. The zero-order chi connectivity index (χ0) is 24.4. The van der Waals surface area contributed by atoms with Crippen LogP contribution in [0.2, 0.25) is 0 Å². The van der Waals surface area contributed by atoms with Gasteiger partial charge in [0, 0.05) is 37.7 Å². The fourth-order valence-electron chi connectivity index (χ4n) is 5.45. The molecule has 2 fully saturated rings. The van der Waals surface area contributed by atoms with Gasteiger partial charge in [0.15, 0.2) is 5.76 Å². The van der Waals surface area contributed by atoms with Crippen molar-refractivity contribution < 1.29 is 18.8 Å². The molecule has 2 aromatic rings. The van der Waals surface area contributed by atoms with E-state index in [1.165, 1.54) is 6.42 Å². The van der Waals surface area contributed by atoms with E-state index in [1.54, 1.807) is 19.2 Å². The summed E-state index contributed by atoms with van der Waals surface area (Å²) in [5, 5.41) is 5.59. The van der Waals surface area contributed by atoms with Crippen LogP contribution >= 0.6 is 0 Å². The topological polar surface area (TPSA) is 104 Å². The molecule has 0 unspecified atom stereocenters. The van der Waals surface area contributed by atoms with Crippen LogP contribution in [0, 0.1) is 5.92 Å². The molecule has 0 radical (unpaired) electrons. The van der Waals surface area contributed by atoms with Crippen molar-refractivity contribution in [3.63, 3.8) is 0 Å². The molecule has 3 heterocycles. The molecular formula is C27H32N4O4. The summed E-state index contributed by atoms with van der Waals surface area (Å²) >= 11 is 0. The lowest BCUT2D eigenvalue weighted by atomic mass is 9.83. The summed E-state index contributed by atoms with van der Waals surface area (Å²) in [6, 6.07) is 8.80. The van der Waals surface area contributed by atoms with Gasteiger partial charge in [0.1, 0.15) is 11.8 Å². The number of hydrogen-bond donors (Lipinski definition) is 2. The molecule has 5 rings (SSSR count). The number of rotatable bonds is 7. The highest BCUT2D eigenvalue weighted by molar-refractivity contribution is 5.98. The molecule has 1 saturated carbocycles. The number of likely N-dealkylation sites (N-methyl/N-ethyl adjacent to an activating group) is 1. The van der Waals surface area contributed by atoms with Crippen molar-refractivity contribution in [2.75, 3.05) is 20.1 Å². The van der Waals surface area contributed by atoms with Crippen molar-refractivity contribution in [1.82, 2.24) is 15.5 Å². The second-order valence-corrected chi connectivity index (χ2v) is 9.74. The highest BCUT2D eigenvalue weighted by Gasteiger charge is 2.31. The van der Waals surface area contributed by atoms with E-state index in [-0.39, 0.29) is 29.4 Å². The monoisotopic (exact) mass is 476 g/mol. The summed E-state index contributed by atoms with van der Waals surface area (Å²) in [6.45, 7) is 1.39. The van der Waals surface area contributed by atoms with Gasteiger partial charge >= 0.3 is 0 Å². The maximum atomic E-state index is 12.9. The molecule has 2 aliphatic heterocycles. The van der Waals surface area contributed by atoms with Crippen molar-refractivity contribution >= 4 is 29.1 Å². The zero-order valence-corrected chi connectivity index (χ0v) is 20.1. The third-order valence-corrected chi connectivity index (χ3v) is 7.35. The molecular weight excluding hydrogens is 444 g/mol. The molecule has 1 aromatic heterocycles. The van der Waals surface area contributed by atoms with Crippen LogP contribution in [0.1, 0.15) is 61.1 Å². The number of carbonyl (C=O) groups excluding carboxylic acids is 3. The highest BCUT2D eigenvalue weighted by atomic mass is 16.4. The number of aliphatic imine (C=N–C) groups is 1. The van der Waals surface area contributed by atoms with Gasteiger partial charge in [0.2, 0.25) is 11.8 Å². The number of carbonyl (C=O) groups is 3. The van der Waals surface area contributed by atoms with E-state index in [9.17, 15) is 14.4 Å². The minimum absolute atomic E-state index is 0.142. The van der Waals surface area contributed by atoms with E-state index in [0.717, 1.165) is 61.2 Å². The Balaban J connectivity index is 1.25. The third-order valence-electron chi connectivity index (χ3n) is 7.35. The predicted octanol–water partition coefficient (Wildman–Crippen LogP) is 3.62. The number of nitrogens with zero attached hydrogens (tertiary/aromatic N) is 2. The van der Waals surface area contributed by atoms with E-state index >= 15 is 0 Å². The van der Waals surface area contributed by atoms with E-state index in [0.29, 0.717) is 25.1 Å². The Kier molecular flexibility index (Phi) is 6.70. The Hall–Kier alpha value is -3.42. The van der Waals surface area contributed by atoms with Crippen LogP contribution in [0.4, 0.5) is 5.69 Å². The molecule has 1 aliphatic carbocycles. The lowest BCUT2D eigenvalue weighted by Crippen LogP contribution is -2.50. The zero-order valence-electron chi connectivity index (χ0n) is 20.1. The van der Waals surface area contributed by atoms with Crippen LogP contribution in [0.15, 0.2) is 39.7 Å². The Morgan fingerprint density at radius 1 is 1.14 bits per heavy atom. The maximum Gasteiger partial charge on any atom is 0.287 e. The van der Waals surface area contributed by atoms with E-state index in [1.807, 2.05) is 23.1 Å². The summed E-state index contributed by atoms with van der Waals surface area (Å²) < 4.78 is 5.91. The first-order valence-corrected chi connectivity index (χ1v) is 12.6. The van der Waals surface area contributed by atoms with Crippen LogP contribution in [0.25, 0.3) is 11.3 Å². The summed E-state index contributed by atoms with van der Waals surface area (Å²) in [7, 11) is 1.60. The van der Waals surface area contributed by atoms with Crippen LogP contribution in [0.3, 0.4) is 0 Å². The van der Waals surface area contributed by atoms with Crippen LogP contribution in [0.5, 0.6) is 0 Å². The predicted molar refractivity (Wildman–Crippen MR) is 133 cm³/mol. The van der Waals surface area contributed by atoms with Gasteiger partial charge in [-0.1, -0.05) is 19.3 Å². The van der Waals surface area contributed by atoms with Crippen LogP contribution in [-0.4, -0.2) is 54.5 Å². The summed E-state index contributed by atoms with van der Waals surface area (Å²) in [6.07, 6.45) is 7.46. The van der Waals surface area contributed by atoms with Gasteiger partial charge in [-0.2, -0.15) is 0 Å². The normalized spacial score (nSPS) is 18.8. The van der Waals surface area contributed by atoms with Crippen molar-refractivity contribution in [3.8, 4) is 11.3 Å². The van der Waals surface area contributed by atoms with Gasteiger partial charge in [0.05, 0.1) is 12.2 Å². The van der Waals surface area contributed by atoms with Crippen LogP contribution < -0.4 is 10.6 Å². The van der Waals surface area contributed by atoms with Crippen molar-refractivity contribution in [1.29, 1.82) is 0 Å². The quantitative estimate of drug-likeness (QED) is 0.637. The number of fused-ring (bicyclic) bond motifs is 1. The number of hydrogen-bond acceptors (Lipinski definition) is 5. The largest absolute Gasteiger partial charge is 0.451 e. The summed E-state index contributed by atoms with van der Waals surface area (Å²) in [5.41, 5.74) is 3.87. The smallest absolute Gasteiger partial charge is 0.287 e. The van der Waals surface area contributed by atoms with Gasteiger partial charge in [-0.3, -0.25) is 19.4 Å². The molecule has 2 N–H and O–H groups in total. The van der Waals surface area contributed by atoms with E-state index < -0.39 is 6.04 Å². The Labute approximate surface area is 205 Å².